The van der Waals surface area contributed by atoms with Crippen LogP contribution in [0.4, 0.5) is 5.69 Å². The van der Waals surface area contributed by atoms with E-state index in [9.17, 15) is 4.79 Å². The molecule has 0 aromatic heterocycles. The molecule has 3 rings (SSSR count). The first kappa shape index (κ1) is 16.2. The molecule has 0 aliphatic heterocycles. The largest absolute Gasteiger partial charge is 0.322 e. The molecule has 24 heavy (non-hydrogen) atoms. The van der Waals surface area contributed by atoms with Gasteiger partial charge in [-0.05, 0) is 35.4 Å². The molecule has 0 fully saturated rings. The molecular weight excluding hydrogens is 362 g/mol. The first-order valence-electron chi connectivity index (χ1n) is 7.61. The summed E-state index contributed by atoms with van der Waals surface area (Å²) >= 11 is 3.42. The molecule has 3 heteroatoms. The van der Waals surface area contributed by atoms with Crippen LogP contribution in [0.25, 0.3) is 11.6 Å². The van der Waals surface area contributed by atoms with Gasteiger partial charge in [0.15, 0.2) is 0 Å². The molecule has 0 aliphatic carbocycles. The zero-order valence-electron chi connectivity index (χ0n) is 12.9. The fourth-order valence-corrected chi connectivity index (χ4v) is 2.78. The number of hydrogen-bond acceptors (Lipinski definition) is 1. The first-order chi connectivity index (χ1) is 11.7. The Morgan fingerprint density at radius 3 is 2.17 bits per heavy atom. The van der Waals surface area contributed by atoms with Gasteiger partial charge in [-0.25, -0.2) is 0 Å². The summed E-state index contributed by atoms with van der Waals surface area (Å²) in [5, 5.41) is 2.96. The highest BCUT2D eigenvalue weighted by Gasteiger charge is 2.12. The van der Waals surface area contributed by atoms with Crippen molar-refractivity contribution in [3.63, 3.8) is 0 Å². The molecule has 1 N–H and O–H groups in total. The van der Waals surface area contributed by atoms with Crippen LogP contribution < -0.4 is 5.32 Å². The molecule has 0 saturated carbocycles. The second-order valence-corrected chi connectivity index (χ2v) is 6.21. The molecule has 3 aromatic carbocycles. The Hall–Kier alpha value is -2.65. The van der Waals surface area contributed by atoms with E-state index in [0.29, 0.717) is 5.57 Å². The number of halogens is 1. The number of amides is 1. The van der Waals surface area contributed by atoms with Gasteiger partial charge in [-0.2, -0.15) is 0 Å². The molecule has 0 aliphatic rings. The van der Waals surface area contributed by atoms with Crippen molar-refractivity contribution in [2.75, 3.05) is 5.32 Å². The molecule has 0 spiro atoms. The molecule has 0 atom stereocenters. The van der Waals surface area contributed by atoms with Crippen LogP contribution in [-0.2, 0) is 4.79 Å². The summed E-state index contributed by atoms with van der Waals surface area (Å²) in [5.41, 5.74) is 3.25. The van der Waals surface area contributed by atoms with Crippen LogP contribution in [0.15, 0.2) is 89.4 Å². The summed E-state index contributed by atoms with van der Waals surface area (Å²) in [4.78, 5) is 12.8. The van der Waals surface area contributed by atoms with Gasteiger partial charge in [0.25, 0.3) is 5.91 Å². The van der Waals surface area contributed by atoms with Crippen molar-refractivity contribution in [3.05, 3.63) is 101 Å². The van der Waals surface area contributed by atoms with Crippen molar-refractivity contribution in [2.45, 2.75) is 0 Å². The first-order valence-corrected chi connectivity index (χ1v) is 8.41. The summed E-state index contributed by atoms with van der Waals surface area (Å²) < 4.78 is 0.925. The van der Waals surface area contributed by atoms with E-state index in [2.05, 4.69) is 21.2 Å². The van der Waals surface area contributed by atoms with Crippen LogP contribution in [0.3, 0.4) is 0 Å². The maximum Gasteiger partial charge on any atom is 0.256 e. The number of anilines is 1. The van der Waals surface area contributed by atoms with Gasteiger partial charge in [0, 0.05) is 15.7 Å². The summed E-state index contributed by atoms with van der Waals surface area (Å²) in [6.07, 6.45) is 1.91. The lowest BCUT2D eigenvalue weighted by molar-refractivity contribution is -0.111. The van der Waals surface area contributed by atoms with Crippen LogP contribution >= 0.6 is 15.9 Å². The molecule has 0 saturated heterocycles. The van der Waals surface area contributed by atoms with E-state index < -0.39 is 0 Å². The van der Waals surface area contributed by atoms with Crippen LogP contribution in [0.2, 0.25) is 0 Å². The number of hydrogen-bond donors (Lipinski definition) is 1. The van der Waals surface area contributed by atoms with E-state index >= 15 is 0 Å². The molecule has 0 unspecified atom stereocenters. The maximum atomic E-state index is 12.8. The van der Waals surface area contributed by atoms with E-state index in [4.69, 9.17) is 0 Å². The van der Waals surface area contributed by atoms with Gasteiger partial charge in [0.2, 0.25) is 0 Å². The minimum Gasteiger partial charge on any atom is -0.322 e. The molecule has 1 amide bonds. The van der Waals surface area contributed by atoms with E-state index in [1.54, 1.807) is 0 Å². The maximum absolute atomic E-state index is 12.8. The summed E-state index contributed by atoms with van der Waals surface area (Å²) in [7, 11) is 0. The average Bonchev–Trinajstić information content (AvgIpc) is 2.61. The van der Waals surface area contributed by atoms with Crippen LogP contribution in [0.5, 0.6) is 0 Å². The Morgan fingerprint density at radius 2 is 1.50 bits per heavy atom. The highest BCUT2D eigenvalue weighted by molar-refractivity contribution is 9.10. The minimum atomic E-state index is -0.136. The molecule has 118 valence electrons. The fraction of sp³-hybridized carbons (Fsp3) is 0. The number of rotatable bonds is 4. The SMILES string of the molecule is O=C(Nc1cccc(Br)c1)/C(=C/c1ccccc1)c1ccccc1. The third-order valence-corrected chi connectivity index (χ3v) is 4.02. The van der Waals surface area contributed by atoms with Crippen molar-refractivity contribution in [2.24, 2.45) is 0 Å². The smallest absolute Gasteiger partial charge is 0.256 e. The average molecular weight is 378 g/mol. The zero-order chi connectivity index (χ0) is 16.8. The van der Waals surface area contributed by atoms with Crippen molar-refractivity contribution < 1.29 is 4.79 Å². The minimum absolute atomic E-state index is 0.136. The fourth-order valence-electron chi connectivity index (χ4n) is 2.38. The lowest BCUT2D eigenvalue weighted by Gasteiger charge is -2.10. The summed E-state index contributed by atoms with van der Waals surface area (Å²) in [6, 6.07) is 27.1. The van der Waals surface area contributed by atoms with Gasteiger partial charge in [-0.3, -0.25) is 4.79 Å². The third kappa shape index (κ3) is 4.21. The number of carbonyl (C=O) groups excluding carboxylic acids is 1. The molecule has 0 bridgehead atoms. The quantitative estimate of drug-likeness (QED) is 0.463. The van der Waals surface area contributed by atoms with E-state index in [-0.39, 0.29) is 5.91 Å². The molecule has 2 nitrogen and oxygen atoms in total. The number of benzene rings is 3. The normalized spacial score (nSPS) is 11.1. The number of nitrogens with one attached hydrogen (secondary N) is 1. The van der Waals surface area contributed by atoms with Gasteiger partial charge in [0.05, 0.1) is 0 Å². The van der Waals surface area contributed by atoms with E-state index in [0.717, 1.165) is 21.3 Å². The Labute approximate surface area is 150 Å². The Bertz CT molecular complexity index is 857. The Morgan fingerprint density at radius 1 is 0.833 bits per heavy atom. The topological polar surface area (TPSA) is 29.1 Å². The summed E-state index contributed by atoms with van der Waals surface area (Å²) in [6.45, 7) is 0. The number of carbonyl (C=O) groups is 1. The van der Waals surface area contributed by atoms with Crippen molar-refractivity contribution in [3.8, 4) is 0 Å². The van der Waals surface area contributed by atoms with E-state index in [1.165, 1.54) is 0 Å². The van der Waals surface area contributed by atoms with Gasteiger partial charge in [-0.1, -0.05) is 82.7 Å². The lowest BCUT2D eigenvalue weighted by atomic mass is 10.0. The van der Waals surface area contributed by atoms with Crippen LogP contribution in [0.1, 0.15) is 11.1 Å². The molecular formula is C21H16BrNO. The zero-order valence-corrected chi connectivity index (χ0v) is 14.5. The molecule has 0 heterocycles. The third-order valence-electron chi connectivity index (χ3n) is 3.52. The highest BCUT2D eigenvalue weighted by Crippen LogP contribution is 2.22. The van der Waals surface area contributed by atoms with Crippen LogP contribution in [-0.4, -0.2) is 5.91 Å². The van der Waals surface area contributed by atoms with Gasteiger partial charge in [-0.15, -0.1) is 0 Å². The van der Waals surface area contributed by atoms with Crippen molar-refractivity contribution in [1.29, 1.82) is 0 Å². The van der Waals surface area contributed by atoms with Gasteiger partial charge < -0.3 is 5.32 Å². The van der Waals surface area contributed by atoms with Crippen molar-refractivity contribution >= 4 is 39.2 Å². The monoisotopic (exact) mass is 377 g/mol. The van der Waals surface area contributed by atoms with E-state index in [1.807, 2.05) is 91.0 Å². The lowest BCUT2D eigenvalue weighted by Crippen LogP contribution is -2.13. The predicted octanol–water partition coefficient (Wildman–Crippen LogP) is 5.63. The van der Waals surface area contributed by atoms with Gasteiger partial charge >= 0.3 is 0 Å². The molecule has 0 radical (unpaired) electrons. The van der Waals surface area contributed by atoms with Crippen molar-refractivity contribution in [1.82, 2.24) is 0 Å². The second kappa shape index (κ2) is 7.75. The van der Waals surface area contributed by atoms with Crippen LogP contribution in [0, 0.1) is 0 Å². The van der Waals surface area contributed by atoms with Gasteiger partial charge in [0.1, 0.15) is 0 Å². The standard InChI is InChI=1S/C21H16BrNO/c22-18-12-7-13-19(15-18)23-21(24)20(17-10-5-2-6-11-17)14-16-8-3-1-4-9-16/h1-15H,(H,23,24)/b20-14+. The summed E-state index contributed by atoms with van der Waals surface area (Å²) in [5.74, 6) is -0.136. The second-order valence-electron chi connectivity index (χ2n) is 5.30. The molecule has 3 aromatic rings. The Balaban J connectivity index is 1.95. The predicted molar refractivity (Wildman–Crippen MR) is 104 cm³/mol. The Kier molecular flexibility index (Phi) is 5.24. The highest BCUT2D eigenvalue weighted by atomic mass is 79.9.